The van der Waals surface area contributed by atoms with E-state index in [1.807, 2.05) is 31.2 Å². The summed E-state index contributed by atoms with van der Waals surface area (Å²) in [4.78, 5) is 13.4. The second-order valence-electron chi connectivity index (χ2n) is 10.5. The highest BCUT2D eigenvalue weighted by Crippen LogP contribution is 2.61. The first-order valence-corrected chi connectivity index (χ1v) is 12.6. The van der Waals surface area contributed by atoms with Crippen LogP contribution in [0.1, 0.15) is 49.2 Å². The van der Waals surface area contributed by atoms with Gasteiger partial charge in [-0.25, -0.2) is 4.68 Å². The van der Waals surface area contributed by atoms with Crippen LogP contribution >= 0.6 is 23.2 Å². The molecule has 34 heavy (non-hydrogen) atoms. The lowest BCUT2D eigenvalue weighted by Gasteiger charge is -2.60. The van der Waals surface area contributed by atoms with Crippen LogP contribution in [0, 0.1) is 30.1 Å². The van der Waals surface area contributed by atoms with Gasteiger partial charge < -0.3 is 9.73 Å². The van der Waals surface area contributed by atoms with Crippen LogP contribution in [-0.2, 0) is 0 Å². The molecule has 2 bridgehead atoms. The van der Waals surface area contributed by atoms with Crippen molar-refractivity contribution in [3.63, 3.8) is 0 Å². The topological polar surface area (TPSA) is 60.1 Å². The average Bonchev–Trinajstić information content (AvgIpc) is 3.34. The molecule has 0 spiro atoms. The Balaban J connectivity index is 1.39. The number of nitrogens with one attached hydrogen (secondary N) is 1. The van der Waals surface area contributed by atoms with Crippen LogP contribution in [-0.4, -0.2) is 22.2 Å². The van der Waals surface area contributed by atoms with Crippen molar-refractivity contribution in [3.05, 3.63) is 57.7 Å². The van der Waals surface area contributed by atoms with E-state index in [9.17, 15) is 4.79 Å². The quantitative estimate of drug-likeness (QED) is 0.325. The van der Waals surface area contributed by atoms with Gasteiger partial charge in [0.1, 0.15) is 11.1 Å². The maximum atomic E-state index is 13.4. The number of amides is 1. The van der Waals surface area contributed by atoms with E-state index in [0.29, 0.717) is 45.1 Å². The minimum atomic E-state index is -0.219. The van der Waals surface area contributed by atoms with Crippen LogP contribution in [0.4, 0.5) is 0 Å². The number of hydrogen-bond donors (Lipinski definition) is 1. The number of aryl methyl sites for hydroxylation is 1. The van der Waals surface area contributed by atoms with E-state index < -0.39 is 0 Å². The largest absolute Gasteiger partial charge is 0.452 e. The predicted molar refractivity (Wildman–Crippen MR) is 136 cm³/mol. The Morgan fingerprint density at radius 2 is 2.03 bits per heavy atom. The van der Waals surface area contributed by atoms with E-state index in [1.54, 1.807) is 16.8 Å². The summed E-state index contributed by atoms with van der Waals surface area (Å²) in [5.74, 6) is 1.79. The predicted octanol–water partition coefficient (Wildman–Crippen LogP) is 7.19. The molecule has 3 aliphatic rings. The molecule has 2 aromatic carbocycles. The number of fused-ring (bicyclic) bond motifs is 5. The number of carbonyl (C=O) groups is 1. The van der Waals surface area contributed by atoms with Crippen molar-refractivity contribution in [1.29, 1.82) is 0 Å². The van der Waals surface area contributed by atoms with Crippen LogP contribution in [0.3, 0.4) is 0 Å². The molecule has 2 aromatic heterocycles. The molecule has 3 atom stereocenters. The van der Waals surface area contributed by atoms with Gasteiger partial charge in [0.05, 0.1) is 10.7 Å². The van der Waals surface area contributed by atoms with Crippen LogP contribution in [0.5, 0.6) is 0 Å². The molecule has 0 aliphatic heterocycles. The number of aromatic nitrogens is 2. The van der Waals surface area contributed by atoms with Crippen molar-refractivity contribution < 1.29 is 9.21 Å². The second-order valence-corrected chi connectivity index (χ2v) is 11.4. The molecule has 7 rings (SSSR count). The summed E-state index contributed by atoms with van der Waals surface area (Å²) in [6, 6.07) is 11.2. The lowest BCUT2D eigenvalue weighted by Crippen LogP contribution is -2.54. The van der Waals surface area contributed by atoms with Crippen LogP contribution in [0.25, 0.3) is 27.8 Å². The van der Waals surface area contributed by atoms with Crippen molar-refractivity contribution in [1.82, 2.24) is 15.1 Å². The van der Waals surface area contributed by atoms with E-state index in [4.69, 9.17) is 27.6 Å². The molecule has 3 saturated carbocycles. The van der Waals surface area contributed by atoms with Gasteiger partial charge in [-0.15, -0.1) is 0 Å². The molecular formula is C27H27Cl2N3O2. The number of rotatable bonds is 4. The maximum Gasteiger partial charge on any atom is 0.275 e. The Kier molecular flexibility index (Phi) is 5.02. The van der Waals surface area contributed by atoms with Crippen molar-refractivity contribution in [2.24, 2.45) is 23.2 Å². The number of benzene rings is 2. The highest BCUT2D eigenvalue weighted by Gasteiger charge is 2.54. The van der Waals surface area contributed by atoms with E-state index in [0.717, 1.165) is 28.0 Å². The number of hydrogen-bond acceptors (Lipinski definition) is 3. The molecule has 3 unspecified atom stereocenters. The lowest BCUT2D eigenvalue weighted by molar-refractivity contribution is -0.103. The second kappa shape index (κ2) is 7.76. The first kappa shape index (κ1) is 22.0. The molecule has 2 heterocycles. The van der Waals surface area contributed by atoms with Gasteiger partial charge in [0, 0.05) is 17.0 Å². The SMILES string of the molecule is Cc1ccc2c(c1)oc1c(C(=O)NCC3CCC4CC3C4(C)C)nn(-c3ccc(Cl)cc3Cl)c12. The molecule has 0 saturated heterocycles. The van der Waals surface area contributed by atoms with E-state index in [1.165, 1.54) is 19.3 Å². The molecule has 3 fully saturated rings. The van der Waals surface area contributed by atoms with Crippen molar-refractivity contribution in [2.45, 2.75) is 40.0 Å². The Morgan fingerprint density at radius 3 is 2.76 bits per heavy atom. The number of halogens is 2. The smallest absolute Gasteiger partial charge is 0.275 e. The molecule has 4 aromatic rings. The summed E-state index contributed by atoms with van der Waals surface area (Å²) in [5.41, 5.74) is 4.29. The third kappa shape index (κ3) is 3.28. The van der Waals surface area contributed by atoms with E-state index >= 15 is 0 Å². The van der Waals surface area contributed by atoms with Crippen molar-refractivity contribution in [2.75, 3.05) is 6.54 Å². The summed E-state index contributed by atoms with van der Waals surface area (Å²) in [5, 5.41) is 9.73. The fraction of sp³-hybridized carbons (Fsp3) is 0.407. The Morgan fingerprint density at radius 1 is 1.21 bits per heavy atom. The van der Waals surface area contributed by atoms with Gasteiger partial charge >= 0.3 is 0 Å². The first-order chi connectivity index (χ1) is 16.2. The Bertz CT molecular complexity index is 1450. The third-order valence-electron chi connectivity index (χ3n) is 8.33. The molecular weight excluding hydrogens is 469 g/mol. The van der Waals surface area contributed by atoms with Crippen LogP contribution < -0.4 is 5.32 Å². The van der Waals surface area contributed by atoms with Gasteiger partial charge in [-0.1, -0.05) is 43.1 Å². The van der Waals surface area contributed by atoms with Gasteiger partial charge in [-0.3, -0.25) is 4.79 Å². The van der Waals surface area contributed by atoms with Crippen molar-refractivity contribution in [3.8, 4) is 5.69 Å². The van der Waals surface area contributed by atoms with Crippen LogP contribution in [0.2, 0.25) is 10.0 Å². The van der Waals surface area contributed by atoms with Crippen molar-refractivity contribution >= 4 is 51.2 Å². The summed E-state index contributed by atoms with van der Waals surface area (Å²) >= 11 is 12.7. The monoisotopic (exact) mass is 495 g/mol. The minimum absolute atomic E-state index is 0.219. The van der Waals surface area contributed by atoms with Gasteiger partial charge in [-0.05, 0) is 85.3 Å². The van der Waals surface area contributed by atoms with Gasteiger partial charge in [0.15, 0.2) is 11.3 Å². The zero-order chi connectivity index (χ0) is 23.8. The summed E-state index contributed by atoms with van der Waals surface area (Å²) < 4.78 is 7.89. The van der Waals surface area contributed by atoms with Gasteiger partial charge in [0.25, 0.3) is 5.91 Å². The zero-order valence-corrected chi connectivity index (χ0v) is 21.0. The summed E-state index contributed by atoms with van der Waals surface area (Å²) in [6.45, 7) is 7.42. The Labute approximate surface area is 208 Å². The minimum Gasteiger partial charge on any atom is -0.452 e. The fourth-order valence-corrected chi connectivity index (χ4v) is 6.74. The molecule has 3 aliphatic carbocycles. The molecule has 0 radical (unpaired) electrons. The van der Waals surface area contributed by atoms with Gasteiger partial charge in [-0.2, -0.15) is 5.10 Å². The molecule has 5 nitrogen and oxygen atoms in total. The number of furan rings is 1. The maximum absolute atomic E-state index is 13.4. The van der Waals surface area contributed by atoms with Gasteiger partial charge in [0.2, 0.25) is 0 Å². The Hall–Kier alpha value is -2.50. The third-order valence-corrected chi connectivity index (χ3v) is 8.86. The first-order valence-electron chi connectivity index (χ1n) is 11.9. The average molecular weight is 496 g/mol. The normalized spacial score (nSPS) is 23.3. The summed E-state index contributed by atoms with van der Waals surface area (Å²) in [6.07, 6.45) is 3.71. The summed E-state index contributed by atoms with van der Waals surface area (Å²) in [7, 11) is 0. The zero-order valence-electron chi connectivity index (χ0n) is 19.5. The highest BCUT2D eigenvalue weighted by molar-refractivity contribution is 6.35. The lowest BCUT2D eigenvalue weighted by atomic mass is 9.45. The van der Waals surface area contributed by atoms with E-state index in [-0.39, 0.29) is 11.6 Å². The number of carbonyl (C=O) groups excluding carboxylic acids is 1. The standard InChI is InChI=1S/C27H27Cl2N3O2/c1-14-4-8-18-22(10-14)34-25-23(31-32(24(18)25)21-9-7-17(28)12-20(21)29)26(33)30-13-15-5-6-16-11-19(15)27(16,2)3/h4,7-10,12,15-16,19H,5-6,11,13H2,1-3H3,(H,30,33). The molecule has 1 amide bonds. The molecule has 7 heteroatoms. The molecule has 176 valence electrons. The molecule has 1 N–H and O–H groups in total. The van der Waals surface area contributed by atoms with Crippen LogP contribution in [0.15, 0.2) is 40.8 Å². The fourth-order valence-electron chi connectivity index (χ4n) is 6.25. The van der Waals surface area contributed by atoms with E-state index in [2.05, 4.69) is 24.3 Å². The highest BCUT2D eigenvalue weighted by atomic mass is 35.5. The number of nitrogens with zero attached hydrogens (tertiary/aromatic N) is 2.